The molecule has 0 bridgehead atoms. The molecule has 0 aromatic carbocycles. The fourth-order valence-corrected chi connectivity index (χ4v) is 2.99. The molecule has 0 saturated heterocycles. The molecule has 0 aromatic rings. The summed E-state index contributed by atoms with van der Waals surface area (Å²) in [5.41, 5.74) is 16.6. The van der Waals surface area contributed by atoms with Crippen LogP contribution in [-0.4, -0.2) is 65.4 Å². The van der Waals surface area contributed by atoms with E-state index in [1.807, 2.05) is 6.92 Å². The second-order valence-corrected chi connectivity index (χ2v) is 8.56. The molecule has 33 heavy (non-hydrogen) atoms. The summed E-state index contributed by atoms with van der Waals surface area (Å²) < 4.78 is 0. The van der Waals surface area contributed by atoms with E-state index in [1.165, 1.54) is 0 Å². The number of rotatable bonds is 16. The number of hydrogen-bond donors (Lipinski definition) is 7. The molecule has 0 aliphatic rings. The topological polar surface area (TPSA) is 220 Å². The average Bonchev–Trinajstić information content (AvgIpc) is 2.73. The van der Waals surface area contributed by atoms with Crippen molar-refractivity contribution < 1.29 is 29.1 Å². The quantitative estimate of drug-likeness (QED) is 0.131. The summed E-state index contributed by atoms with van der Waals surface area (Å²) >= 11 is 0. The summed E-state index contributed by atoms with van der Waals surface area (Å²) in [6, 6.07) is -4.49. The maximum absolute atomic E-state index is 12.9. The highest BCUT2D eigenvalue weighted by atomic mass is 16.4. The zero-order chi connectivity index (χ0) is 25.7. The summed E-state index contributed by atoms with van der Waals surface area (Å²) in [7, 11) is 0. The average molecular weight is 473 g/mol. The Morgan fingerprint density at radius 1 is 0.879 bits per heavy atom. The highest BCUT2D eigenvalue weighted by Crippen LogP contribution is 2.08. The number of primary amides is 1. The van der Waals surface area contributed by atoms with Gasteiger partial charge >= 0.3 is 5.97 Å². The normalized spacial score (nSPS) is 15.6. The molecule has 0 aliphatic carbocycles. The van der Waals surface area contributed by atoms with Gasteiger partial charge in [0.15, 0.2) is 0 Å². The predicted molar refractivity (Wildman–Crippen MR) is 122 cm³/mol. The molecule has 190 valence electrons. The van der Waals surface area contributed by atoms with Gasteiger partial charge in [-0.3, -0.25) is 19.2 Å². The van der Waals surface area contributed by atoms with Crippen LogP contribution in [0.2, 0.25) is 0 Å². The van der Waals surface area contributed by atoms with Crippen LogP contribution in [0.25, 0.3) is 0 Å². The first-order chi connectivity index (χ1) is 15.3. The Kier molecular flexibility index (Phi) is 13.9. The molecule has 5 unspecified atom stereocenters. The summed E-state index contributed by atoms with van der Waals surface area (Å²) in [5.74, 6) is -4.71. The molecule has 0 fully saturated rings. The number of carbonyl (C=O) groups excluding carboxylic acids is 4. The van der Waals surface area contributed by atoms with Crippen LogP contribution in [0.15, 0.2) is 0 Å². The number of carbonyl (C=O) groups is 5. The van der Waals surface area contributed by atoms with Gasteiger partial charge in [-0.15, -0.1) is 0 Å². The molecule has 12 nitrogen and oxygen atoms in total. The van der Waals surface area contributed by atoms with Crippen LogP contribution in [0.5, 0.6) is 0 Å². The first kappa shape index (κ1) is 30.3. The number of carboxylic acid groups (broad SMARTS) is 1. The zero-order valence-electron chi connectivity index (χ0n) is 19.9. The largest absolute Gasteiger partial charge is 0.480 e. The van der Waals surface area contributed by atoms with Crippen molar-refractivity contribution in [3.63, 3.8) is 0 Å². The van der Waals surface area contributed by atoms with Crippen molar-refractivity contribution in [1.82, 2.24) is 16.0 Å². The zero-order valence-corrected chi connectivity index (χ0v) is 19.9. The minimum absolute atomic E-state index is 0.166. The number of amides is 4. The molecule has 0 saturated carbocycles. The number of hydrogen-bond acceptors (Lipinski definition) is 7. The molecular weight excluding hydrogens is 432 g/mol. The Labute approximate surface area is 194 Å². The summed E-state index contributed by atoms with van der Waals surface area (Å²) in [5, 5.41) is 16.7. The lowest BCUT2D eigenvalue weighted by atomic mass is 9.98. The number of aliphatic carboxylic acids is 1. The maximum atomic E-state index is 12.9. The third kappa shape index (κ3) is 11.1. The highest BCUT2D eigenvalue weighted by Gasteiger charge is 2.32. The molecule has 5 atom stereocenters. The fraction of sp³-hybridized carbons (Fsp3) is 0.762. The predicted octanol–water partition coefficient (Wildman–Crippen LogP) is -1.44. The van der Waals surface area contributed by atoms with Gasteiger partial charge in [-0.25, -0.2) is 4.79 Å². The van der Waals surface area contributed by atoms with Gasteiger partial charge in [0.1, 0.15) is 18.1 Å². The third-order valence-electron chi connectivity index (χ3n) is 5.41. The van der Waals surface area contributed by atoms with Gasteiger partial charge in [0.05, 0.1) is 12.5 Å². The lowest BCUT2D eigenvalue weighted by molar-refractivity contribution is -0.143. The molecule has 0 spiro atoms. The van der Waals surface area contributed by atoms with Crippen molar-refractivity contribution in [2.24, 2.45) is 29.0 Å². The molecule has 4 amide bonds. The van der Waals surface area contributed by atoms with Gasteiger partial charge in [0.25, 0.3) is 0 Å². The number of unbranched alkanes of at least 4 members (excludes halogenated alkanes) is 1. The first-order valence-corrected chi connectivity index (χ1v) is 11.2. The van der Waals surface area contributed by atoms with E-state index in [4.69, 9.17) is 17.2 Å². The maximum Gasteiger partial charge on any atom is 0.326 e. The van der Waals surface area contributed by atoms with Crippen LogP contribution in [0.3, 0.4) is 0 Å². The van der Waals surface area contributed by atoms with E-state index in [1.54, 1.807) is 20.8 Å². The summed E-state index contributed by atoms with van der Waals surface area (Å²) in [6.07, 6.45) is 1.39. The first-order valence-electron chi connectivity index (χ1n) is 11.2. The van der Waals surface area contributed by atoms with Crippen molar-refractivity contribution in [3.05, 3.63) is 0 Å². The van der Waals surface area contributed by atoms with E-state index >= 15 is 0 Å². The van der Waals surface area contributed by atoms with E-state index in [9.17, 15) is 29.1 Å². The van der Waals surface area contributed by atoms with Crippen molar-refractivity contribution in [2.75, 3.05) is 6.54 Å². The van der Waals surface area contributed by atoms with Crippen molar-refractivity contribution >= 4 is 29.6 Å². The lowest BCUT2D eigenvalue weighted by Crippen LogP contribution is -2.58. The molecule has 0 aliphatic heterocycles. The van der Waals surface area contributed by atoms with E-state index in [0.29, 0.717) is 25.8 Å². The highest BCUT2D eigenvalue weighted by molar-refractivity contribution is 5.96. The minimum atomic E-state index is -1.34. The van der Waals surface area contributed by atoms with Crippen LogP contribution >= 0.6 is 0 Å². The Bertz CT molecular complexity index is 686. The Balaban J connectivity index is 5.56. The van der Waals surface area contributed by atoms with E-state index in [0.717, 1.165) is 0 Å². The van der Waals surface area contributed by atoms with Crippen molar-refractivity contribution in [3.8, 4) is 0 Å². The fourth-order valence-electron chi connectivity index (χ4n) is 2.99. The molecule has 0 heterocycles. The molecule has 12 heteroatoms. The third-order valence-corrected chi connectivity index (χ3v) is 5.41. The molecule has 0 aromatic heterocycles. The number of nitrogens with one attached hydrogen (secondary N) is 3. The smallest absolute Gasteiger partial charge is 0.326 e. The molecular formula is C21H40N6O6. The van der Waals surface area contributed by atoms with E-state index in [2.05, 4.69) is 16.0 Å². The monoisotopic (exact) mass is 472 g/mol. The van der Waals surface area contributed by atoms with Crippen LogP contribution in [0, 0.1) is 11.8 Å². The van der Waals surface area contributed by atoms with Crippen LogP contribution in [0.1, 0.15) is 59.8 Å². The lowest BCUT2D eigenvalue weighted by Gasteiger charge is -2.26. The Morgan fingerprint density at radius 2 is 1.42 bits per heavy atom. The van der Waals surface area contributed by atoms with Gasteiger partial charge in [-0.2, -0.15) is 0 Å². The van der Waals surface area contributed by atoms with Gasteiger partial charge in [0.2, 0.25) is 23.6 Å². The van der Waals surface area contributed by atoms with Gasteiger partial charge in [-0.05, 0) is 37.6 Å². The second kappa shape index (κ2) is 15.2. The van der Waals surface area contributed by atoms with E-state index < -0.39 is 66.1 Å². The number of carboxylic acids is 1. The van der Waals surface area contributed by atoms with Crippen molar-refractivity contribution in [1.29, 1.82) is 0 Å². The molecule has 10 N–H and O–H groups in total. The van der Waals surface area contributed by atoms with Gasteiger partial charge in [-0.1, -0.05) is 34.1 Å². The minimum Gasteiger partial charge on any atom is -0.480 e. The summed E-state index contributed by atoms with van der Waals surface area (Å²) in [4.78, 5) is 61.0. The Hall–Kier alpha value is -2.73. The SMILES string of the molecule is CCC(C)C(N)C(=O)NC(CC(N)=O)C(=O)NC(CCCCN)C(=O)NC(C(=O)O)C(C)C. The van der Waals surface area contributed by atoms with Crippen LogP contribution in [0.4, 0.5) is 0 Å². The number of nitrogens with two attached hydrogens (primary N) is 3. The Morgan fingerprint density at radius 3 is 1.88 bits per heavy atom. The van der Waals surface area contributed by atoms with Crippen molar-refractivity contribution in [2.45, 2.75) is 84.0 Å². The van der Waals surface area contributed by atoms with Gasteiger partial charge in [0, 0.05) is 0 Å². The second-order valence-electron chi connectivity index (χ2n) is 8.56. The van der Waals surface area contributed by atoms with E-state index in [-0.39, 0.29) is 12.3 Å². The molecule has 0 radical (unpaired) electrons. The van der Waals surface area contributed by atoms with Crippen LogP contribution < -0.4 is 33.2 Å². The summed E-state index contributed by atoms with van der Waals surface area (Å²) in [6.45, 7) is 7.29. The van der Waals surface area contributed by atoms with Crippen LogP contribution in [-0.2, 0) is 24.0 Å². The standard InChI is InChI=1S/C21H40N6O6/c1-5-12(4)16(24)20(31)26-14(10-15(23)28)19(30)25-13(8-6-7-9-22)18(29)27-17(11(2)3)21(32)33/h11-14,16-17H,5-10,22,24H2,1-4H3,(H2,23,28)(H,25,30)(H,26,31)(H,27,29)(H,32,33). The van der Waals surface area contributed by atoms with Gasteiger partial charge < -0.3 is 38.3 Å². The molecule has 0 rings (SSSR count).